The van der Waals surface area contributed by atoms with E-state index in [0.717, 1.165) is 17.3 Å². The molecule has 1 amide bonds. The van der Waals surface area contributed by atoms with Crippen molar-refractivity contribution >= 4 is 22.8 Å². The topological polar surface area (TPSA) is 71.4 Å². The van der Waals surface area contributed by atoms with E-state index in [9.17, 15) is 4.79 Å². The smallest absolute Gasteiger partial charge is 0.244 e. The maximum Gasteiger partial charge on any atom is 0.244 e. The maximum atomic E-state index is 11.7. The monoisotopic (exact) mass is 252 g/mol. The van der Waals surface area contributed by atoms with Crippen LogP contribution in [0.25, 0.3) is 0 Å². The molecule has 0 unspecified atom stereocenters. The Hall–Kier alpha value is -1.69. The molecule has 0 saturated carbocycles. The Labute approximate surface area is 103 Å². The van der Waals surface area contributed by atoms with Crippen molar-refractivity contribution in [3.05, 3.63) is 23.8 Å². The van der Waals surface area contributed by atoms with Crippen LogP contribution in [0.3, 0.4) is 0 Å². The zero-order valence-electron chi connectivity index (χ0n) is 9.44. The summed E-state index contributed by atoms with van der Waals surface area (Å²) in [6, 6.07) is 5.28. The van der Waals surface area contributed by atoms with Crippen molar-refractivity contribution in [2.75, 3.05) is 14.2 Å². The summed E-state index contributed by atoms with van der Waals surface area (Å²) in [5, 5.41) is 9.61. The van der Waals surface area contributed by atoms with Gasteiger partial charge in [0.2, 0.25) is 5.91 Å². The highest BCUT2D eigenvalue weighted by atomic mass is 32.2. The molecule has 1 aromatic rings. The lowest BCUT2D eigenvalue weighted by Gasteiger charge is -2.12. The summed E-state index contributed by atoms with van der Waals surface area (Å²) in [6.45, 7) is 0. The van der Waals surface area contributed by atoms with Gasteiger partial charge in [0.1, 0.15) is 16.7 Å². The van der Waals surface area contributed by atoms with Crippen molar-refractivity contribution in [1.82, 2.24) is 5.32 Å². The van der Waals surface area contributed by atoms with E-state index < -0.39 is 5.25 Å². The SMILES string of the molecule is COc1ccc(OC)c([C@H]2SC(=N)NC2=O)c1. The second-order valence-corrected chi connectivity index (χ2v) is 4.54. The number of amides is 1. The average molecular weight is 252 g/mol. The van der Waals surface area contributed by atoms with Crippen LogP contribution in [0, 0.1) is 5.41 Å². The number of amidine groups is 1. The first-order chi connectivity index (χ1) is 8.15. The third-order valence-electron chi connectivity index (χ3n) is 2.43. The van der Waals surface area contributed by atoms with E-state index in [0.29, 0.717) is 11.5 Å². The van der Waals surface area contributed by atoms with E-state index in [4.69, 9.17) is 14.9 Å². The Morgan fingerprint density at radius 3 is 2.65 bits per heavy atom. The lowest BCUT2D eigenvalue weighted by molar-refractivity contribution is -0.118. The molecule has 0 spiro atoms. The summed E-state index contributed by atoms with van der Waals surface area (Å²) < 4.78 is 10.3. The Kier molecular flexibility index (Phi) is 3.23. The molecule has 1 atom stereocenters. The van der Waals surface area contributed by atoms with E-state index in [1.165, 1.54) is 0 Å². The van der Waals surface area contributed by atoms with Crippen LogP contribution in [-0.2, 0) is 4.79 Å². The van der Waals surface area contributed by atoms with Gasteiger partial charge >= 0.3 is 0 Å². The van der Waals surface area contributed by atoms with Crippen LogP contribution in [0.1, 0.15) is 10.8 Å². The number of rotatable bonds is 3. The van der Waals surface area contributed by atoms with Gasteiger partial charge in [-0.1, -0.05) is 11.8 Å². The predicted molar refractivity (Wildman–Crippen MR) is 65.7 cm³/mol. The van der Waals surface area contributed by atoms with Gasteiger partial charge in [-0.2, -0.15) is 0 Å². The number of ether oxygens (including phenoxy) is 2. The number of nitrogens with one attached hydrogen (secondary N) is 2. The lowest BCUT2D eigenvalue weighted by Crippen LogP contribution is -2.21. The van der Waals surface area contributed by atoms with Crippen LogP contribution in [0.5, 0.6) is 11.5 Å². The molecular weight excluding hydrogens is 240 g/mol. The molecule has 1 aromatic carbocycles. The fraction of sp³-hybridized carbons (Fsp3) is 0.273. The fourth-order valence-corrected chi connectivity index (χ4v) is 2.50. The molecule has 1 saturated heterocycles. The van der Waals surface area contributed by atoms with Gasteiger partial charge in [0.15, 0.2) is 5.17 Å². The lowest BCUT2D eigenvalue weighted by atomic mass is 10.1. The summed E-state index contributed by atoms with van der Waals surface area (Å²) in [7, 11) is 3.11. The number of hydrogen-bond acceptors (Lipinski definition) is 5. The zero-order chi connectivity index (χ0) is 12.4. The molecule has 2 N–H and O–H groups in total. The van der Waals surface area contributed by atoms with Gasteiger partial charge in [-0.3, -0.25) is 10.2 Å². The first-order valence-corrected chi connectivity index (χ1v) is 5.81. The third-order valence-corrected chi connectivity index (χ3v) is 3.47. The summed E-state index contributed by atoms with van der Waals surface area (Å²) in [5.41, 5.74) is 0.719. The Bertz CT molecular complexity index is 476. The molecule has 1 fully saturated rings. The predicted octanol–water partition coefficient (Wildman–Crippen LogP) is 1.54. The van der Waals surface area contributed by atoms with Crippen LogP contribution >= 0.6 is 11.8 Å². The standard InChI is InChI=1S/C11H12N2O3S/c1-15-6-3-4-8(16-2)7(5-6)9-10(14)13-11(12)17-9/h3-5,9H,1-2H3,(H2,12,13,14)/t9-/m1/s1. The molecule has 0 radical (unpaired) electrons. The Morgan fingerprint density at radius 1 is 1.35 bits per heavy atom. The second kappa shape index (κ2) is 4.67. The van der Waals surface area contributed by atoms with Gasteiger partial charge in [0, 0.05) is 5.56 Å². The van der Waals surface area contributed by atoms with Crippen molar-refractivity contribution < 1.29 is 14.3 Å². The normalized spacial score (nSPS) is 19.1. The van der Waals surface area contributed by atoms with Crippen molar-refractivity contribution in [1.29, 1.82) is 5.41 Å². The van der Waals surface area contributed by atoms with E-state index >= 15 is 0 Å². The number of thioether (sulfide) groups is 1. The van der Waals surface area contributed by atoms with Crippen molar-refractivity contribution in [2.45, 2.75) is 5.25 Å². The van der Waals surface area contributed by atoms with Crippen LogP contribution in [0.2, 0.25) is 0 Å². The second-order valence-electron chi connectivity index (χ2n) is 3.42. The van der Waals surface area contributed by atoms with Crippen molar-refractivity contribution in [3.63, 3.8) is 0 Å². The number of carbonyl (C=O) groups excluding carboxylic acids is 1. The van der Waals surface area contributed by atoms with Crippen LogP contribution in [0.15, 0.2) is 18.2 Å². The molecule has 6 heteroatoms. The zero-order valence-corrected chi connectivity index (χ0v) is 10.3. The highest BCUT2D eigenvalue weighted by Crippen LogP contribution is 2.40. The minimum atomic E-state index is -0.451. The molecule has 0 bridgehead atoms. The number of hydrogen-bond donors (Lipinski definition) is 2. The van der Waals surface area contributed by atoms with Crippen molar-refractivity contribution in [3.8, 4) is 11.5 Å². The molecule has 1 aliphatic heterocycles. The van der Waals surface area contributed by atoms with E-state index in [2.05, 4.69) is 5.32 Å². The first kappa shape index (κ1) is 11.8. The molecular formula is C11H12N2O3S. The van der Waals surface area contributed by atoms with Gasteiger partial charge in [0.25, 0.3) is 0 Å². The van der Waals surface area contributed by atoms with Crippen molar-refractivity contribution in [2.24, 2.45) is 0 Å². The van der Waals surface area contributed by atoms with Gasteiger partial charge in [-0.05, 0) is 18.2 Å². The van der Waals surface area contributed by atoms with Crippen LogP contribution in [-0.4, -0.2) is 25.3 Å². The Balaban J connectivity index is 2.42. The highest BCUT2D eigenvalue weighted by molar-refractivity contribution is 8.15. The van der Waals surface area contributed by atoms with Gasteiger partial charge in [0.05, 0.1) is 14.2 Å². The molecule has 0 aliphatic carbocycles. The summed E-state index contributed by atoms with van der Waals surface area (Å²) in [6.07, 6.45) is 0. The van der Waals surface area contributed by atoms with Crippen LogP contribution in [0.4, 0.5) is 0 Å². The molecule has 0 aromatic heterocycles. The maximum absolute atomic E-state index is 11.7. The van der Waals surface area contributed by atoms with Gasteiger partial charge in [-0.25, -0.2) is 0 Å². The summed E-state index contributed by atoms with van der Waals surface area (Å²) in [5.74, 6) is 1.08. The van der Waals surface area contributed by atoms with Crippen LogP contribution < -0.4 is 14.8 Å². The summed E-state index contributed by atoms with van der Waals surface area (Å²) >= 11 is 1.16. The number of carbonyl (C=O) groups is 1. The van der Waals surface area contributed by atoms with E-state index in [1.807, 2.05) is 0 Å². The third kappa shape index (κ3) is 2.21. The van der Waals surface area contributed by atoms with Gasteiger partial charge in [-0.15, -0.1) is 0 Å². The molecule has 90 valence electrons. The molecule has 17 heavy (non-hydrogen) atoms. The average Bonchev–Trinajstić information content (AvgIpc) is 2.67. The number of methoxy groups -OCH3 is 2. The molecule has 2 rings (SSSR count). The minimum Gasteiger partial charge on any atom is -0.497 e. The van der Waals surface area contributed by atoms with E-state index in [-0.39, 0.29) is 11.1 Å². The van der Waals surface area contributed by atoms with E-state index in [1.54, 1.807) is 32.4 Å². The first-order valence-electron chi connectivity index (χ1n) is 4.93. The van der Waals surface area contributed by atoms with Gasteiger partial charge < -0.3 is 14.8 Å². The number of benzene rings is 1. The summed E-state index contributed by atoms with van der Waals surface area (Å²) in [4.78, 5) is 11.7. The Morgan fingerprint density at radius 2 is 2.12 bits per heavy atom. The quantitative estimate of drug-likeness (QED) is 0.856. The molecule has 1 heterocycles. The fourth-order valence-electron chi connectivity index (χ4n) is 1.63. The largest absolute Gasteiger partial charge is 0.497 e. The molecule has 5 nitrogen and oxygen atoms in total. The molecule has 1 aliphatic rings. The highest BCUT2D eigenvalue weighted by Gasteiger charge is 2.33. The minimum absolute atomic E-state index is 0.157.